The van der Waals surface area contributed by atoms with Gasteiger partial charge in [0.25, 0.3) is 0 Å². The topological polar surface area (TPSA) is 26.0 Å². The first-order chi connectivity index (χ1) is 6.47. The van der Waals surface area contributed by atoms with Crippen molar-refractivity contribution in [1.82, 2.24) is 5.16 Å². The summed E-state index contributed by atoms with van der Waals surface area (Å²) in [5.74, 6) is 0. The van der Waals surface area contributed by atoms with Crippen LogP contribution in [0, 0.1) is 0 Å². The molecule has 2 rings (SSSR count). The van der Waals surface area contributed by atoms with Crippen LogP contribution in [-0.4, -0.2) is 5.16 Å². The molecule has 0 aliphatic heterocycles. The van der Waals surface area contributed by atoms with E-state index in [0.29, 0.717) is 0 Å². The van der Waals surface area contributed by atoms with Crippen LogP contribution in [0.3, 0.4) is 0 Å². The average molecular weight is 179 g/mol. The monoisotopic (exact) mass is 179 g/mol. The highest BCUT2D eigenvalue weighted by Gasteiger charge is 1.91. The summed E-state index contributed by atoms with van der Waals surface area (Å²) >= 11 is 0. The molecule has 0 amide bonds. The molecule has 13 heavy (non-hydrogen) atoms. The van der Waals surface area contributed by atoms with E-state index in [1.54, 1.807) is 6.20 Å². The molecule has 0 radical (unpaired) electrons. The molecule has 1 heterocycles. The van der Waals surface area contributed by atoms with Gasteiger partial charge in [0.05, 0.1) is 6.20 Å². The van der Waals surface area contributed by atoms with Gasteiger partial charge in [0.1, 0.15) is 0 Å². The lowest BCUT2D eigenvalue weighted by atomic mass is 10.3. The van der Waals surface area contributed by atoms with Gasteiger partial charge in [-0.15, -0.1) is 0 Å². The Hall–Kier alpha value is -1.31. The summed E-state index contributed by atoms with van der Waals surface area (Å²) in [6.45, 7) is 8.00. The fourth-order valence-corrected chi connectivity index (χ4v) is 0.810. The molecule has 1 aromatic carbocycles. The summed E-state index contributed by atoms with van der Waals surface area (Å²) in [4.78, 5) is 0. The lowest BCUT2D eigenvalue weighted by Crippen LogP contribution is -1.57. The van der Waals surface area contributed by atoms with Gasteiger partial charge in [-0.25, -0.2) is 0 Å². The SMILES string of the molecule is CC.CC.c1ccc2oncc2c1. The van der Waals surface area contributed by atoms with Gasteiger partial charge in [-0.2, -0.15) is 0 Å². The van der Waals surface area contributed by atoms with Crippen LogP contribution in [0.4, 0.5) is 0 Å². The molecule has 0 unspecified atom stereocenters. The molecule has 2 heteroatoms. The van der Waals surface area contributed by atoms with Crippen LogP contribution < -0.4 is 0 Å². The van der Waals surface area contributed by atoms with Gasteiger partial charge >= 0.3 is 0 Å². The van der Waals surface area contributed by atoms with Crippen molar-refractivity contribution in [3.05, 3.63) is 30.5 Å². The number of fused-ring (bicyclic) bond motifs is 1. The maximum Gasteiger partial charge on any atom is 0.166 e. The summed E-state index contributed by atoms with van der Waals surface area (Å²) in [6.07, 6.45) is 1.70. The van der Waals surface area contributed by atoms with Gasteiger partial charge in [-0.1, -0.05) is 45.0 Å². The van der Waals surface area contributed by atoms with Crippen molar-refractivity contribution in [2.24, 2.45) is 0 Å². The van der Waals surface area contributed by atoms with Gasteiger partial charge in [0.15, 0.2) is 5.58 Å². The molecule has 72 valence electrons. The smallest absolute Gasteiger partial charge is 0.166 e. The second-order valence-corrected chi connectivity index (χ2v) is 1.86. The number of aromatic nitrogens is 1. The van der Waals surface area contributed by atoms with E-state index in [1.165, 1.54) is 0 Å². The molecule has 0 saturated heterocycles. The lowest BCUT2D eigenvalue weighted by Gasteiger charge is -1.78. The average Bonchev–Trinajstić information content (AvgIpc) is 2.71. The number of rotatable bonds is 0. The van der Waals surface area contributed by atoms with Gasteiger partial charge in [-0.3, -0.25) is 0 Å². The van der Waals surface area contributed by atoms with E-state index < -0.39 is 0 Å². The number of para-hydroxylation sites is 1. The molecule has 0 bridgehead atoms. The van der Waals surface area contributed by atoms with Crippen molar-refractivity contribution in [2.45, 2.75) is 27.7 Å². The second kappa shape index (κ2) is 7.35. The first-order valence-electron chi connectivity index (χ1n) is 4.76. The fourth-order valence-electron chi connectivity index (χ4n) is 0.810. The number of nitrogens with zero attached hydrogens (tertiary/aromatic N) is 1. The van der Waals surface area contributed by atoms with Crippen molar-refractivity contribution in [1.29, 1.82) is 0 Å². The molecule has 1 aromatic heterocycles. The molecule has 0 fully saturated rings. The van der Waals surface area contributed by atoms with Crippen LogP contribution >= 0.6 is 0 Å². The van der Waals surface area contributed by atoms with Crippen LogP contribution in [0.25, 0.3) is 11.0 Å². The Morgan fingerprint density at radius 2 is 1.62 bits per heavy atom. The molecule has 0 atom stereocenters. The lowest BCUT2D eigenvalue weighted by molar-refractivity contribution is 0.456. The molecule has 0 saturated carbocycles. The Morgan fingerprint density at radius 3 is 2.23 bits per heavy atom. The normalized spacial score (nSPS) is 8.00. The molecular formula is C11H17NO. The number of benzene rings is 1. The van der Waals surface area contributed by atoms with E-state index >= 15 is 0 Å². The highest BCUT2D eigenvalue weighted by atomic mass is 16.5. The second-order valence-electron chi connectivity index (χ2n) is 1.86. The third-order valence-corrected chi connectivity index (χ3v) is 1.26. The van der Waals surface area contributed by atoms with E-state index in [4.69, 9.17) is 4.52 Å². The van der Waals surface area contributed by atoms with E-state index in [0.717, 1.165) is 11.0 Å². The van der Waals surface area contributed by atoms with Crippen LogP contribution in [0.5, 0.6) is 0 Å². The zero-order valence-electron chi connectivity index (χ0n) is 8.74. The summed E-state index contributed by atoms with van der Waals surface area (Å²) in [6, 6.07) is 7.74. The van der Waals surface area contributed by atoms with Crippen molar-refractivity contribution in [3.8, 4) is 0 Å². The molecule has 0 aliphatic rings. The fraction of sp³-hybridized carbons (Fsp3) is 0.364. The minimum absolute atomic E-state index is 0.845. The molecule has 0 N–H and O–H groups in total. The van der Waals surface area contributed by atoms with Gasteiger partial charge in [0, 0.05) is 5.39 Å². The zero-order valence-corrected chi connectivity index (χ0v) is 8.74. The first-order valence-corrected chi connectivity index (χ1v) is 4.76. The van der Waals surface area contributed by atoms with E-state index in [1.807, 2.05) is 52.0 Å². The van der Waals surface area contributed by atoms with E-state index in [-0.39, 0.29) is 0 Å². The Bertz CT molecular complexity index is 284. The van der Waals surface area contributed by atoms with Gasteiger partial charge in [-0.05, 0) is 12.1 Å². The van der Waals surface area contributed by atoms with Crippen molar-refractivity contribution < 1.29 is 4.52 Å². The van der Waals surface area contributed by atoms with Crippen molar-refractivity contribution in [2.75, 3.05) is 0 Å². The van der Waals surface area contributed by atoms with E-state index in [9.17, 15) is 0 Å². The Labute approximate surface area is 79.5 Å². The predicted octanol–water partition coefficient (Wildman–Crippen LogP) is 3.88. The van der Waals surface area contributed by atoms with Gasteiger partial charge in [0.2, 0.25) is 0 Å². The molecular weight excluding hydrogens is 162 g/mol. The molecule has 2 aromatic rings. The van der Waals surface area contributed by atoms with Crippen LogP contribution in [0.1, 0.15) is 27.7 Å². The third kappa shape index (κ3) is 3.28. The Morgan fingerprint density at radius 1 is 1.00 bits per heavy atom. The predicted molar refractivity (Wildman–Crippen MR) is 56.7 cm³/mol. The van der Waals surface area contributed by atoms with Gasteiger partial charge < -0.3 is 4.52 Å². The minimum Gasteiger partial charge on any atom is -0.356 e. The quantitative estimate of drug-likeness (QED) is 0.613. The highest BCUT2D eigenvalue weighted by molar-refractivity contribution is 5.75. The maximum atomic E-state index is 4.87. The summed E-state index contributed by atoms with van der Waals surface area (Å²) in [5.41, 5.74) is 0.845. The standard InChI is InChI=1S/C7H5NO.2C2H6/c1-2-4-7-6(3-1)5-8-9-7;2*1-2/h1-5H;2*1-2H3. The Balaban J connectivity index is 0.000000322. The summed E-state index contributed by atoms with van der Waals surface area (Å²) in [7, 11) is 0. The van der Waals surface area contributed by atoms with Crippen LogP contribution in [-0.2, 0) is 0 Å². The molecule has 2 nitrogen and oxygen atoms in total. The third-order valence-electron chi connectivity index (χ3n) is 1.26. The number of hydrogen-bond donors (Lipinski definition) is 0. The largest absolute Gasteiger partial charge is 0.356 e. The highest BCUT2D eigenvalue weighted by Crippen LogP contribution is 2.10. The summed E-state index contributed by atoms with van der Waals surface area (Å²) in [5, 5.41) is 4.68. The maximum absolute atomic E-state index is 4.87. The minimum atomic E-state index is 0.845. The Kier molecular flexibility index (Phi) is 6.60. The van der Waals surface area contributed by atoms with Crippen LogP contribution in [0.2, 0.25) is 0 Å². The number of hydrogen-bond acceptors (Lipinski definition) is 2. The van der Waals surface area contributed by atoms with E-state index in [2.05, 4.69) is 5.16 Å². The zero-order chi connectivity index (χ0) is 10.1. The summed E-state index contributed by atoms with van der Waals surface area (Å²) < 4.78 is 4.87. The van der Waals surface area contributed by atoms with Crippen LogP contribution in [0.15, 0.2) is 35.0 Å². The molecule has 0 spiro atoms. The molecule has 0 aliphatic carbocycles. The van der Waals surface area contributed by atoms with Crippen molar-refractivity contribution >= 4 is 11.0 Å². The van der Waals surface area contributed by atoms with Crippen molar-refractivity contribution in [3.63, 3.8) is 0 Å². The first kappa shape index (κ1) is 11.7.